The minimum absolute atomic E-state index is 1.00. The minimum atomic E-state index is 1.00. The van der Waals surface area contributed by atoms with Crippen LogP contribution < -0.4 is 5.32 Å². The average Bonchev–Trinajstić information content (AvgIpc) is 1.91. The van der Waals surface area contributed by atoms with Gasteiger partial charge in [0, 0.05) is 0 Å². The molecule has 0 amide bonds. The molecule has 0 aromatic carbocycles. The minimum Gasteiger partial charge on any atom is -0.229 e. The third-order valence-electron chi connectivity index (χ3n) is 0.278. The van der Waals surface area contributed by atoms with E-state index in [1.165, 1.54) is 12.4 Å². The van der Waals surface area contributed by atoms with Crippen molar-refractivity contribution in [2.75, 3.05) is 6.16 Å². The Balaban J connectivity index is 0. The molecule has 0 bridgehead atoms. The van der Waals surface area contributed by atoms with Crippen molar-refractivity contribution in [3.8, 4) is 12.4 Å². The molecule has 1 N–H and O–H groups in total. The van der Waals surface area contributed by atoms with Crippen molar-refractivity contribution < 1.29 is 0 Å². The van der Waals surface area contributed by atoms with E-state index < -0.39 is 0 Å². The monoisotopic (exact) mass is 141 g/mol. The zero-order chi connectivity index (χ0) is 7.54. The molecule has 9 heavy (non-hydrogen) atoms. The van der Waals surface area contributed by atoms with E-state index in [9.17, 15) is 0 Å². The van der Waals surface area contributed by atoms with Gasteiger partial charge in [-0.15, -0.1) is 15.8 Å². The smallest absolute Gasteiger partial charge is 0.190 e. The van der Waals surface area contributed by atoms with E-state index >= 15 is 0 Å². The van der Waals surface area contributed by atoms with Crippen LogP contribution in [0, 0.1) is 22.9 Å². The molecule has 0 rings (SSSR count). The summed E-state index contributed by atoms with van der Waals surface area (Å²) in [5, 5.41) is 16.7. The van der Waals surface area contributed by atoms with Gasteiger partial charge in [-0.25, -0.2) is 5.32 Å². The first-order valence-electron chi connectivity index (χ1n) is 2.17. The average molecular weight is 141 g/mol. The van der Waals surface area contributed by atoms with Crippen molar-refractivity contribution in [1.29, 1.82) is 10.5 Å². The van der Waals surface area contributed by atoms with Crippen LogP contribution in [0.5, 0.6) is 0 Å². The second kappa shape index (κ2) is 15.8. The molecule has 0 aliphatic rings. The summed E-state index contributed by atoms with van der Waals surface area (Å²) < 4.78 is 0. The molecule has 0 fully saturated rings. The molecule has 0 aromatic rings. The molecule has 0 radical (unpaired) electrons. The van der Waals surface area contributed by atoms with Gasteiger partial charge in [0.05, 0.1) is 0 Å². The highest BCUT2D eigenvalue weighted by Crippen LogP contribution is 1.74. The highest BCUT2D eigenvalue weighted by atomic mass is 31.0. The summed E-state index contributed by atoms with van der Waals surface area (Å²) in [5.41, 5.74) is 0. The van der Waals surface area contributed by atoms with Crippen LogP contribution in [0.15, 0.2) is 12.7 Å². The van der Waals surface area contributed by atoms with Crippen LogP contribution in [0.25, 0.3) is 0 Å². The Bertz CT molecular complexity index is 118. The number of hydrogen-bond acceptors (Lipinski definition) is 3. The lowest BCUT2D eigenvalue weighted by molar-refractivity contribution is 1.20. The highest BCUT2D eigenvalue weighted by Gasteiger charge is 1.53. The maximum absolute atomic E-state index is 7.48. The molecular formula is C5H8N3P. The Hall–Kier alpha value is -1.05. The fourth-order valence-corrected chi connectivity index (χ4v) is 0.0250. The third-order valence-corrected chi connectivity index (χ3v) is 0.612. The predicted molar refractivity (Wildman–Crippen MR) is 39.1 cm³/mol. The van der Waals surface area contributed by atoms with Crippen LogP contribution in [-0.2, 0) is 0 Å². The first-order valence-corrected chi connectivity index (χ1v) is 2.99. The molecule has 0 saturated carbocycles. The molecule has 0 aliphatic heterocycles. The summed E-state index contributed by atoms with van der Waals surface area (Å²) >= 11 is 0. The summed E-state index contributed by atoms with van der Waals surface area (Å²) in [4.78, 5) is 0. The maximum Gasteiger partial charge on any atom is 0.190 e. The van der Waals surface area contributed by atoms with Crippen molar-refractivity contribution in [3.63, 3.8) is 0 Å². The maximum atomic E-state index is 7.48. The Kier molecular flexibility index (Phi) is 19.0. The highest BCUT2D eigenvalue weighted by molar-refractivity contribution is 7.16. The first-order chi connectivity index (χ1) is 4.33. The summed E-state index contributed by atoms with van der Waals surface area (Å²) in [7, 11) is 2.54. The Labute approximate surface area is 57.2 Å². The molecule has 3 nitrogen and oxygen atoms in total. The number of rotatable bonds is 1. The second-order valence-corrected chi connectivity index (χ2v) is 1.34. The lowest BCUT2D eigenvalue weighted by atomic mass is 10.8. The van der Waals surface area contributed by atoms with Crippen LogP contribution in [0.2, 0.25) is 0 Å². The quantitative estimate of drug-likeness (QED) is 0.251. The largest absolute Gasteiger partial charge is 0.229 e. The van der Waals surface area contributed by atoms with Crippen molar-refractivity contribution in [3.05, 3.63) is 12.7 Å². The van der Waals surface area contributed by atoms with E-state index in [-0.39, 0.29) is 0 Å². The molecule has 0 saturated heterocycles. The molecule has 0 aromatic heterocycles. The van der Waals surface area contributed by atoms with Crippen LogP contribution in [0.3, 0.4) is 0 Å². The van der Waals surface area contributed by atoms with E-state index in [1.54, 1.807) is 5.32 Å². The lowest BCUT2D eigenvalue weighted by Gasteiger charge is -1.58. The van der Waals surface area contributed by atoms with Gasteiger partial charge in [-0.05, 0) is 6.16 Å². The fourth-order valence-electron chi connectivity index (χ4n) is 0.0250. The third kappa shape index (κ3) is 44.8. The zero-order valence-electron chi connectivity index (χ0n) is 4.96. The molecule has 0 aliphatic carbocycles. The van der Waals surface area contributed by atoms with Gasteiger partial charge in [0.1, 0.15) is 0 Å². The van der Waals surface area contributed by atoms with Crippen molar-refractivity contribution >= 4 is 9.24 Å². The Morgan fingerprint density at radius 2 is 1.89 bits per heavy atom. The summed E-state index contributed by atoms with van der Waals surface area (Å²) in [6, 6.07) is 0. The molecular weight excluding hydrogens is 133 g/mol. The fraction of sp³-hybridized carbons (Fsp3) is 0.200. The number of nitriles is 2. The Morgan fingerprint density at radius 3 is 1.89 bits per heavy atom. The van der Waals surface area contributed by atoms with E-state index in [4.69, 9.17) is 10.5 Å². The van der Waals surface area contributed by atoms with E-state index in [2.05, 4.69) is 15.8 Å². The zero-order valence-corrected chi connectivity index (χ0v) is 6.12. The normalized spacial score (nSPS) is 4.78. The molecule has 0 heterocycles. The van der Waals surface area contributed by atoms with Crippen molar-refractivity contribution in [1.82, 2.24) is 5.32 Å². The summed E-state index contributed by atoms with van der Waals surface area (Å²) in [6.07, 6.45) is 5.65. The number of nitrogens with one attached hydrogen (secondary N) is 1. The first kappa shape index (κ1) is 10.8. The van der Waals surface area contributed by atoms with Crippen LogP contribution >= 0.6 is 9.24 Å². The van der Waals surface area contributed by atoms with Gasteiger partial charge < -0.3 is 0 Å². The van der Waals surface area contributed by atoms with Gasteiger partial charge in [0.15, 0.2) is 12.4 Å². The Morgan fingerprint density at radius 1 is 1.56 bits per heavy atom. The predicted octanol–water partition coefficient (Wildman–Crippen LogP) is 0.586. The van der Waals surface area contributed by atoms with E-state index in [0.717, 1.165) is 6.16 Å². The van der Waals surface area contributed by atoms with E-state index in [0.29, 0.717) is 0 Å². The van der Waals surface area contributed by atoms with Gasteiger partial charge >= 0.3 is 0 Å². The van der Waals surface area contributed by atoms with Gasteiger partial charge in [-0.1, -0.05) is 6.08 Å². The number of allylic oxidation sites excluding steroid dienone is 1. The molecule has 1 unspecified atom stereocenters. The second-order valence-electron chi connectivity index (χ2n) is 0.873. The number of hydrogen-bond donors (Lipinski definition) is 1. The van der Waals surface area contributed by atoms with Crippen molar-refractivity contribution in [2.24, 2.45) is 0 Å². The van der Waals surface area contributed by atoms with Gasteiger partial charge in [0.2, 0.25) is 0 Å². The molecule has 1 atom stereocenters. The molecule has 0 spiro atoms. The standard InChI is InChI=1S/C3H7P.C2HN3/c1-2-3-4;3-1-5-2-4/h2H,1,3-4H2;5H. The van der Waals surface area contributed by atoms with Crippen LogP contribution in [0.4, 0.5) is 0 Å². The van der Waals surface area contributed by atoms with Gasteiger partial charge in [0.25, 0.3) is 0 Å². The SMILES string of the molecule is C=CCP.N#CNC#N. The summed E-state index contributed by atoms with van der Waals surface area (Å²) in [5.74, 6) is 0. The lowest BCUT2D eigenvalue weighted by Crippen LogP contribution is -1.88. The molecule has 48 valence electrons. The van der Waals surface area contributed by atoms with Gasteiger partial charge in [-0.3, -0.25) is 0 Å². The summed E-state index contributed by atoms with van der Waals surface area (Å²) in [6.45, 7) is 3.46. The van der Waals surface area contributed by atoms with Crippen LogP contribution in [0.1, 0.15) is 0 Å². The van der Waals surface area contributed by atoms with Gasteiger partial charge in [-0.2, -0.15) is 10.5 Å². The van der Waals surface area contributed by atoms with Crippen molar-refractivity contribution in [2.45, 2.75) is 0 Å². The van der Waals surface area contributed by atoms with E-state index in [1.807, 2.05) is 6.08 Å². The molecule has 4 heteroatoms. The van der Waals surface area contributed by atoms with Crippen LogP contribution in [-0.4, -0.2) is 6.16 Å². The topological polar surface area (TPSA) is 59.6 Å². The number of nitrogens with zero attached hydrogens (tertiary/aromatic N) is 2.